The van der Waals surface area contributed by atoms with E-state index in [2.05, 4.69) is 15.0 Å². The van der Waals surface area contributed by atoms with Gasteiger partial charge < -0.3 is 4.74 Å². The Balaban J connectivity index is 1.59. The van der Waals surface area contributed by atoms with Crippen molar-refractivity contribution in [1.82, 2.24) is 15.0 Å². The number of halogens is 5. The quantitative estimate of drug-likeness (QED) is 0.410. The van der Waals surface area contributed by atoms with Gasteiger partial charge in [0.05, 0.1) is 27.6 Å². The highest BCUT2D eigenvalue weighted by atomic mass is 35.5. The first kappa shape index (κ1) is 22.3. The SMILES string of the molecule is Cc1nc(C)c(Cl)c(CCCc2ccc(Oc3cnc(C(F)(F)F)cc3Cl)cc2)n1. The van der Waals surface area contributed by atoms with Gasteiger partial charge >= 0.3 is 6.18 Å². The van der Waals surface area contributed by atoms with E-state index in [4.69, 9.17) is 27.9 Å². The van der Waals surface area contributed by atoms with Gasteiger partial charge in [0.1, 0.15) is 17.3 Å². The summed E-state index contributed by atoms with van der Waals surface area (Å²) < 4.78 is 43.6. The summed E-state index contributed by atoms with van der Waals surface area (Å²) in [5, 5.41) is 0.445. The van der Waals surface area contributed by atoms with E-state index in [-0.39, 0.29) is 10.8 Å². The maximum atomic E-state index is 12.7. The van der Waals surface area contributed by atoms with Gasteiger partial charge in [-0.2, -0.15) is 13.2 Å². The summed E-state index contributed by atoms with van der Waals surface area (Å²) in [6, 6.07) is 7.98. The summed E-state index contributed by atoms with van der Waals surface area (Å²) in [6.07, 6.45) is -1.20. The minimum absolute atomic E-state index is 0.0570. The molecule has 0 fully saturated rings. The molecule has 0 spiro atoms. The van der Waals surface area contributed by atoms with Gasteiger partial charge in [0, 0.05) is 0 Å². The predicted molar refractivity (Wildman–Crippen MR) is 109 cm³/mol. The largest absolute Gasteiger partial charge is 0.454 e. The van der Waals surface area contributed by atoms with E-state index in [0.717, 1.165) is 48.5 Å². The van der Waals surface area contributed by atoms with Crippen molar-refractivity contribution < 1.29 is 17.9 Å². The first-order valence-corrected chi connectivity index (χ1v) is 9.88. The molecule has 0 saturated carbocycles. The molecule has 0 radical (unpaired) electrons. The van der Waals surface area contributed by atoms with Crippen molar-refractivity contribution in [2.45, 2.75) is 39.3 Å². The molecule has 0 aliphatic carbocycles. The minimum atomic E-state index is -4.56. The number of rotatable bonds is 6. The van der Waals surface area contributed by atoms with Gasteiger partial charge in [0.15, 0.2) is 5.75 Å². The highest BCUT2D eigenvalue weighted by Gasteiger charge is 2.33. The molecule has 0 aliphatic heterocycles. The van der Waals surface area contributed by atoms with Crippen molar-refractivity contribution >= 4 is 23.2 Å². The van der Waals surface area contributed by atoms with Gasteiger partial charge in [-0.1, -0.05) is 35.3 Å². The normalized spacial score (nSPS) is 11.6. The van der Waals surface area contributed by atoms with Gasteiger partial charge in [-0.05, 0) is 56.9 Å². The minimum Gasteiger partial charge on any atom is -0.454 e. The second-order valence-electron chi connectivity index (χ2n) is 6.71. The van der Waals surface area contributed by atoms with E-state index in [1.165, 1.54) is 0 Å². The predicted octanol–water partition coefficient (Wildman–Crippen LogP) is 6.78. The third-order valence-electron chi connectivity index (χ3n) is 4.34. The van der Waals surface area contributed by atoms with Crippen molar-refractivity contribution in [3.8, 4) is 11.5 Å². The topological polar surface area (TPSA) is 47.9 Å². The fourth-order valence-electron chi connectivity index (χ4n) is 2.90. The molecule has 9 heteroatoms. The smallest absolute Gasteiger partial charge is 0.433 e. The summed E-state index contributed by atoms with van der Waals surface area (Å²) in [5.74, 6) is 1.21. The van der Waals surface area contributed by atoms with Crippen LogP contribution in [0.5, 0.6) is 11.5 Å². The Morgan fingerprint density at radius 1 is 1.00 bits per heavy atom. The molecule has 0 saturated heterocycles. The van der Waals surface area contributed by atoms with Crippen LogP contribution < -0.4 is 4.74 Å². The van der Waals surface area contributed by atoms with Crippen LogP contribution in [-0.4, -0.2) is 15.0 Å². The zero-order valence-electron chi connectivity index (χ0n) is 16.2. The molecule has 3 aromatic rings. The van der Waals surface area contributed by atoms with Crippen LogP contribution in [0, 0.1) is 13.8 Å². The van der Waals surface area contributed by atoms with Crippen LogP contribution in [0.3, 0.4) is 0 Å². The van der Waals surface area contributed by atoms with Crippen molar-refractivity contribution in [2.24, 2.45) is 0 Å². The van der Waals surface area contributed by atoms with Crippen molar-refractivity contribution in [1.29, 1.82) is 0 Å². The first-order valence-electron chi connectivity index (χ1n) is 9.12. The maximum Gasteiger partial charge on any atom is 0.433 e. The lowest BCUT2D eigenvalue weighted by atomic mass is 10.1. The van der Waals surface area contributed by atoms with Crippen molar-refractivity contribution in [3.05, 3.63) is 75.0 Å². The molecule has 4 nitrogen and oxygen atoms in total. The van der Waals surface area contributed by atoms with E-state index in [1.54, 1.807) is 12.1 Å². The maximum absolute atomic E-state index is 12.7. The second-order valence-corrected chi connectivity index (χ2v) is 7.50. The Morgan fingerprint density at radius 3 is 2.33 bits per heavy atom. The molecule has 0 amide bonds. The number of aryl methyl sites for hydroxylation is 4. The van der Waals surface area contributed by atoms with Crippen LogP contribution in [0.4, 0.5) is 13.2 Å². The van der Waals surface area contributed by atoms with Crippen LogP contribution >= 0.6 is 23.2 Å². The van der Waals surface area contributed by atoms with Crippen LogP contribution in [0.1, 0.15) is 34.9 Å². The van der Waals surface area contributed by atoms with Crippen molar-refractivity contribution in [2.75, 3.05) is 0 Å². The van der Waals surface area contributed by atoms with E-state index in [0.29, 0.717) is 16.6 Å². The fourth-order valence-corrected chi connectivity index (χ4v) is 3.26. The molecule has 0 atom stereocenters. The zero-order chi connectivity index (χ0) is 21.9. The van der Waals surface area contributed by atoms with Crippen LogP contribution in [0.15, 0.2) is 36.5 Å². The molecule has 0 bridgehead atoms. The molecule has 0 unspecified atom stereocenters. The third kappa shape index (κ3) is 5.61. The van der Waals surface area contributed by atoms with Gasteiger partial charge in [-0.3, -0.25) is 0 Å². The molecule has 158 valence electrons. The summed E-state index contributed by atoms with van der Waals surface area (Å²) in [4.78, 5) is 12.0. The monoisotopic (exact) mass is 455 g/mol. The second kappa shape index (κ2) is 9.18. The number of nitrogens with zero attached hydrogens (tertiary/aromatic N) is 3. The van der Waals surface area contributed by atoms with E-state index < -0.39 is 11.9 Å². The van der Waals surface area contributed by atoms with Gasteiger partial charge in [-0.25, -0.2) is 15.0 Å². The lowest BCUT2D eigenvalue weighted by Crippen LogP contribution is -2.07. The van der Waals surface area contributed by atoms with E-state index in [1.807, 2.05) is 26.0 Å². The Kier molecular flexibility index (Phi) is 6.83. The molecular formula is C21H18Cl2F3N3O. The average molecular weight is 456 g/mol. The van der Waals surface area contributed by atoms with E-state index >= 15 is 0 Å². The average Bonchev–Trinajstić information content (AvgIpc) is 2.67. The number of hydrogen-bond acceptors (Lipinski definition) is 4. The Bertz CT molecular complexity index is 1040. The third-order valence-corrected chi connectivity index (χ3v) is 5.12. The summed E-state index contributed by atoms with van der Waals surface area (Å²) in [5.41, 5.74) is 1.63. The van der Waals surface area contributed by atoms with Crippen LogP contribution in [0.2, 0.25) is 10.0 Å². The Hall–Kier alpha value is -2.38. The summed E-state index contributed by atoms with van der Waals surface area (Å²) in [6.45, 7) is 3.70. The first-order chi connectivity index (χ1) is 14.1. The van der Waals surface area contributed by atoms with Gasteiger partial charge in [0.2, 0.25) is 0 Å². The molecule has 3 rings (SSSR count). The fraction of sp³-hybridized carbons (Fsp3) is 0.286. The van der Waals surface area contributed by atoms with Crippen LogP contribution in [-0.2, 0) is 19.0 Å². The zero-order valence-corrected chi connectivity index (χ0v) is 17.7. The lowest BCUT2D eigenvalue weighted by Gasteiger charge is -2.11. The van der Waals surface area contributed by atoms with Gasteiger partial charge in [-0.15, -0.1) is 0 Å². The van der Waals surface area contributed by atoms with Crippen LogP contribution in [0.25, 0.3) is 0 Å². The molecule has 0 N–H and O–H groups in total. The number of pyridine rings is 1. The molecule has 1 aromatic carbocycles. The van der Waals surface area contributed by atoms with E-state index in [9.17, 15) is 13.2 Å². The number of hydrogen-bond donors (Lipinski definition) is 0. The number of ether oxygens (including phenoxy) is 1. The summed E-state index contributed by atoms with van der Waals surface area (Å²) >= 11 is 12.2. The van der Waals surface area contributed by atoms with Crippen molar-refractivity contribution in [3.63, 3.8) is 0 Å². The highest BCUT2D eigenvalue weighted by Crippen LogP contribution is 2.34. The molecule has 2 aromatic heterocycles. The Labute approximate surface area is 182 Å². The molecule has 30 heavy (non-hydrogen) atoms. The molecule has 2 heterocycles. The number of alkyl halides is 3. The number of benzene rings is 1. The molecule has 0 aliphatic rings. The highest BCUT2D eigenvalue weighted by molar-refractivity contribution is 6.32. The Morgan fingerprint density at radius 2 is 1.70 bits per heavy atom. The molecular weight excluding hydrogens is 438 g/mol. The van der Waals surface area contributed by atoms with Gasteiger partial charge in [0.25, 0.3) is 0 Å². The number of aromatic nitrogens is 3. The summed E-state index contributed by atoms with van der Waals surface area (Å²) in [7, 11) is 0. The lowest BCUT2D eigenvalue weighted by molar-refractivity contribution is -0.141. The standard InChI is InChI=1S/C21H18Cl2F3N3O/c1-12-20(23)17(29-13(2)28-12)5-3-4-14-6-8-15(9-7-14)30-18-11-27-19(10-16(18)22)21(24,25)26/h6-11H,3-5H2,1-2H3.